The molecule has 4 rings (SSSR count). The van der Waals surface area contributed by atoms with Crippen LogP contribution < -0.4 is 0 Å². The second-order valence-electron chi connectivity index (χ2n) is 9.62. The molecule has 188 valence electrons. The summed E-state index contributed by atoms with van der Waals surface area (Å²) in [7, 11) is 0.332. The Morgan fingerprint density at radius 3 is 2.67 bits per heavy atom. The Bertz CT molecular complexity index is 1410. The highest BCUT2D eigenvalue weighted by molar-refractivity contribution is 7.86. The molecule has 0 spiro atoms. The van der Waals surface area contributed by atoms with Gasteiger partial charge in [0.2, 0.25) is 5.82 Å². The van der Waals surface area contributed by atoms with Crippen molar-refractivity contribution in [1.29, 1.82) is 0 Å². The van der Waals surface area contributed by atoms with Crippen molar-refractivity contribution in [2.45, 2.75) is 51.2 Å². The van der Waals surface area contributed by atoms with Crippen LogP contribution in [0.3, 0.4) is 0 Å². The number of fused-ring (bicyclic) bond motifs is 1. The monoisotopic (exact) mass is 505 g/mol. The topological polar surface area (TPSA) is 99.9 Å². The summed E-state index contributed by atoms with van der Waals surface area (Å²) in [5.74, 6) is 0.548. The van der Waals surface area contributed by atoms with Gasteiger partial charge in [0.15, 0.2) is 5.82 Å². The van der Waals surface area contributed by atoms with E-state index >= 15 is 0 Å². The van der Waals surface area contributed by atoms with E-state index in [1.165, 1.54) is 13.3 Å². The molecule has 4 aromatic rings. The minimum absolute atomic E-state index is 0.0289. The van der Waals surface area contributed by atoms with Crippen molar-refractivity contribution < 1.29 is 13.7 Å². The Morgan fingerprint density at radius 1 is 1.14 bits per heavy atom. The molecule has 3 aromatic heterocycles. The first-order valence-corrected chi connectivity index (χ1v) is 13.3. The summed E-state index contributed by atoms with van der Waals surface area (Å²) >= 11 is 0. The molecule has 1 aromatic carbocycles. The number of aromatic nitrogens is 5. The van der Waals surface area contributed by atoms with Gasteiger partial charge in [-0.15, -0.1) is 0 Å². The van der Waals surface area contributed by atoms with E-state index in [0.29, 0.717) is 11.6 Å². The molecule has 0 unspecified atom stereocenters. The third-order valence-corrected chi connectivity index (χ3v) is 8.03. The molecule has 0 aliphatic rings. The average molecular weight is 506 g/mol. The summed E-state index contributed by atoms with van der Waals surface area (Å²) in [6, 6.07) is 13.7. The first-order chi connectivity index (χ1) is 17.2. The van der Waals surface area contributed by atoms with Crippen LogP contribution in [0.4, 0.5) is 0 Å². The maximum atomic E-state index is 12.9. The van der Waals surface area contributed by atoms with Crippen LogP contribution in [-0.4, -0.2) is 52.5 Å². The highest BCUT2D eigenvalue weighted by Gasteiger charge is 2.25. The van der Waals surface area contributed by atoms with E-state index in [9.17, 15) is 9.00 Å². The van der Waals surface area contributed by atoms with Crippen molar-refractivity contribution >= 4 is 27.7 Å². The second kappa shape index (κ2) is 10.7. The van der Waals surface area contributed by atoms with Gasteiger partial charge >= 0.3 is 5.97 Å². The van der Waals surface area contributed by atoms with Gasteiger partial charge in [-0.2, -0.15) is 5.10 Å². The molecule has 0 aliphatic carbocycles. The predicted octanol–water partition coefficient (Wildman–Crippen LogP) is 5.10. The fraction of sp³-hybridized carbons (Fsp3) is 0.370. The molecule has 9 heteroatoms. The fourth-order valence-electron chi connectivity index (χ4n) is 3.95. The van der Waals surface area contributed by atoms with Crippen LogP contribution in [0.5, 0.6) is 0 Å². The normalized spacial score (nSPS) is 13.5. The summed E-state index contributed by atoms with van der Waals surface area (Å²) < 4.78 is 19.0. The number of pyridine rings is 1. The predicted molar refractivity (Wildman–Crippen MR) is 142 cm³/mol. The van der Waals surface area contributed by atoms with Gasteiger partial charge in [0.05, 0.1) is 24.5 Å². The van der Waals surface area contributed by atoms with Crippen molar-refractivity contribution in [2.75, 3.05) is 12.9 Å². The average Bonchev–Trinajstić information content (AvgIpc) is 3.31. The Hall–Kier alpha value is -3.46. The lowest BCUT2D eigenvalue weighted by molar-refractivity contribution is 0.0586. The van der Waals surface area contributed by atoms with Crippen LogP contribution in [0, 0.1) is 0 Å². The van der Waals surface area contributed by atoms with Crippen LogP contribution in [0.1, 0.15) is 62.8 Å². The molecule has 0 amide bonds. The van der Waals surface area contributed by atoms with Crippen molar-refractivity contribution in [3.63, 3.8) is 0 Å². The largest absolute Gasteiger partial charge is 0.463 e. The first-order valence-electron chi connectivity index (χ1n) is 12.0. The summed E-state index contributed by atoms with van der Waals surface area (Å²) in [5, 5.41) is 5.40. The van der Waals surface area contributed by atoms with Crippen LogP contribution in [0.25, 0.3) is 28.0 Å². The van der Waals surface area contributed by atoms with Crippen LogP contribution in [0.15, 0.2) is 54.9 Å². The lowest BCUT2D eigenvalue weighted by Gasteiger charge is -2.23. The maximum Gasteiger partial charge on any atom is 0.376 e. The van der Waals surface area contributed by atoms with Gasteiger partial charge in [0.25, 0.3) is 0 Å². The molecule has 3 heterocycles. The number of benzene rings is 1. The quantitative estimate of drug-likeness (QED) is 0.307. The van der Waals surface area contributed by atoms with Crippen molar-refractivity contribution in [3.05, 3.63) is 66.4 Å². The number of carbonyl (C=O) groups excluding carboxylic acids is 1. The molecule has 0 N–H and O–H groups in total. The van der Waals surface area contributed by atoms with E-state index in [1.807, 2.05) is 57.2 Å². The molecule has 2 atom stereocenters. The van der Waals surface area contributed by atoms with Crippen LogP contribution in [-0.2, 0) is 15.5 Å². The molecule has 0 aliphatic heterocycles. The lowest BCUT2D eigenvalue weighted by atomic mass is 10.00. The van der Waals surface area contributed by atoms with Crippen molar-refractivity contribution in [2.24, 2.45) is 0 Å². The highest BCUT2D eigenvalue weighted by Crippen LogP contribution is 2.29. The Morgan fingerprint density at radius 2 is 1.94 bits per heavy atom. The third kappa shape index (κ3) is 5.51. The molecule has 8 nitrogen and oxygen atoms in total. The van der Waals surface area contributed by atoms with E-state index in [0.717, 1.165) is 40.7 Å². The SMILES string of the molecule is CCC[C@H](C[S@](=O)C(C)(C)C)c1cccc(-c2ccc3cnn(-c4ccnc(C(=O)OC)n4)c3c2)n1. The molecule has 0 saturated heterocycles. The number of nitrogens with zero attached hydrogens (tertiary/aromatic N) is 5. The summed E-state index contributed by atoms with van der Waals surface area (Å²) in [6.45, 7) is 8.19. The van der Waals surface area contributed by atoms with Gasteiger partial charge in [0, 0.05) is 56.1 Å². The zero-order valence-corrected chi connectivity index (χ0v) is 22.1. The van der Waals surface area contributed by atoms with E-state index < -0.39 is 16.8 Å². The Balaban J connectivity index is 1.71. The number of hydrogen-bond donors (Lipinski definition) is 0. The third-order valence-electron chi connectivity index (χ3n) is 5.95. The van der Waals surface area contributed by atoms with Gasteiger partial charge < -0.3 is 4.74 Å². The summed E-state index contributed by atoms with van der Waals surface area (Å²) in [6.07, 6.45) is 5.18. The highest BCUT2D eigenvalue weighted by atomic mass is 32.2. The van der Waals surface area contributed by atoms with Gasteiger partial charge in [0.1, 0.15) is 0 Å². The summed E-state index contributed by atoms with van der Waals surface area (Å²) in [5.41, 5.74) is 3.55. The number of carbonyl (C=O) groups is 1. The minimum Gasteiger partial charge on any atom is -0.463 e. The summed E-state index contributed by atoms with van der Waals surface area (Å²) in [4.78, 5) is 25.2. The number of methoxy groups -OCH3 is 1. The molecule has 0 fully saturated rings. The van der Waals surface area contributed by atoms with E-state index in [-0.39, 0.29) is 16.5 Å². The first kappa shape index (κ1) is 25.6. The van der Waals surface area contributed by atoms with Gasteiger partial charge in [-0.05, 0) is 45.4 Å². The van der Waals surface area contributed by atoms with Gasteiger partial charge in [-0.1, -0.05) is 31.5 Å². The maximum absolute atomic E-state index is 12.9. The number of ether oxygens (including phenoxy) is 1. The van der Waals surface area contributed by atoms with Crippen molar-refractivity contribution in [1.82, 2.24) is 24.7 Å². The smallest absolute Gasteiger partial charge is 0.376 e. The van der Waals surface area contributed by atoms with Gasteiger partial charge in [-0.3, -0.25) is 9.19 Å². The molecule has 0 saturated carbocycles. The number of hydrogen-bond acceptors (Lipinski definition) is 7. The van der Waals surface area contributed by atoms with Crippen LogP contribution in [0.2, 0.25) is 0 Å². The van der Waals surface area contributed by atoms with E-state index in [1.54, 1.807) is 16.9 Å². The van der Waals surface area contributed by atoms with Crippen LogP contribution >= 0.6 is 0 Å². The second-order valence-corrected chi connectivity index (χ2v) is 11.9. The molecule has 36 heavy (non-hydrogen) atoms. The molecular formula is C27H31N5O3S. The Kier molecular flexibility index (Phi) is 7.59. The zero-order chi connectivity index (χ0) is 25.9. The van der Waals surface area contributed by atoms with E-state index in [2.05, 4.69) is 22.0 Å². The lowest BCUT2D eigenvalue weighted by Crippen LogP contribution is -2.27. The Labute approximate surface area is 213 Å². The minimum atomic E-state index is -0.961. The molecular weight excluding hydrogens is 474 g/mol. The fourth-order valence-corrected chi connectivity index (χ4v) is 5.16. The standard InChI is InChI=1S/C27H31N5O3S/c1-6-8-20(17-36(34)27(2,3)4)22-10-7-9-21(30-22)18-11-12-19-16-29-32(23(19)15-18)24-13-14-28-25(31-24)26(33)35-5/h7,9-16,20H,6,8,17H2,1-5H3/t20-,36+/m1/s1. The van der Waals surface area contributed by atoms with Gasteiger partial charge in [-0.25, -0.2) is 19.4 Å². The van der Waals surface area contributed by atoms with E-state index in [4.69, 9.17) is 9.72 Å². The van der Waals surface area contributed by atoms with Crippen molar-refractivity contribution in [3.8, 4) is 17.1 Å². The molecule has 0 bridgehead atoms. The molecule has 0 radical (unpaired) electrons. The number of rotatable bonds is 8. The number of esters is 1. The zero-order valence-electron chi connectivity index (χ0n) is 21.3.